The van der Waals surface area contributed by atoms with Crippen molar-refractivity contribution in [1.82, 2.24) is 0 Å². The van der Waals surface area contributed by atoms with Crippen molar-refractivity contribution < 1.29 is 18.4 Å². The van der Waals surface area contributed by atoms with Gasteiger partial charge < -0.3 is 13.6 Å². The molecule has 0 saturated heterocycles. The van der Waals surface area contributed by atoms with Gasteiger partial charge in [-0.1, -0.05) is 41.9 Å². The maximum atomic E-state index is 13.1. The molecule has 134 valence electrons. The first-order valence-electron chi connectivity index (χ1n) is 8.12. The van der Waals surface area contributed by atoms with Crippen molar-refractivity contribution in [2.45, 2.75) is 6.92 Å². The normalized spacial score (nSPS) is 10.9. The molecule has 2 aromatic carbocycles. The first-order chi connectivity index (χ1) is 13.0. The predicted octanol–water partition coefficient (Wildman–Crippen LogP) is 5.23. The van der Waals surface area contributed by atoms with Crippen molar-refractivity contribution in [3.05, 3.63) is 87.4 Å². The maximum absolute atomic E-state index is 13.1. The zero-order chi connectivity index (χ0) is 19.0. The summed E-state index contributed by atoms with van der Waals surface area (Å²) in [5.74, 6) is -0.859. The van der Waals surface area contributed by atoms with Gasteiger partial charge in [0.05, 0.1) is 11.6 Å². The number of carbonyl (C=O) groups is 1. The number of hydrogen-bond acceptors (Lipinski definition) is 5. The van der Waals surface area contributed by atoms with Gasteiger partial charge in [-0.15, -0.1) is 0 Å². The van der Waals surface area contributed by atoms with Crippen LogP contribution in [0, 0.1) is 6.92 Å². The highest BCUT2D eigenvalue weighted by Crippen LogP contribution is 2.33. The Labute approximate surface area is 158 Å². The number of carbonyl (C=O) groups excluding carboxylic acids is 1. The lowest BCUT2D eigenvalue weighted by Crippen LogP contribution is -2.16. The topological polar surface area (TPSA) is 69.7 Å². The Kier molecular flexibility index (Phi) is 4.30. The van der Waals surface area contributed by atoms with E-state index in [0.717, 1.165) is 5.56 Å². The lowest BCUT2D eigenvalue weighted by Gasteiger charge is -2.11. The van der Waals surface area contributed by atoms with Crippen molar-refractivity contribution in [1.29, 1.82) is 0 Å². The molecule has 4 rings (SSSR count). The van der Waals surface area contributed by atoms with Gasteiger partial charge in [0, 0.05) is 10.6 Å². The largest absolute Gasteiger partial charge is 0.457 e. The van der Waals surface area contributed by atoms with E-state index in [1.165, 1.54) is 18.4 Å². The highest BCUT2D eigenvalue weighted by atomic mass is 35.5. The Morgan fingerprint density at radius 3 is 2.56 bits per heavy atom. The van der Waals surface area contributed by atoms with Crippen LogP contribution in [0.1, 0.15) is 16.1 Å². The number of fused-ring (bicyclic) bond motifs is 1. The van der Waals surface area contributed by atoms with Crippen LogP contribution in [0.15, 0.2) is 74.5 Å². The highest BCUT2D eigenvalue weighted by Gasteiger charge is 2.22. The zero-order valence-corrected chi connectivity index (χ0v) is 14.9. The molecule has 4 aromatic rings. The van der Waals surface area contributed by atoms with Crippen LogP contribution in [-0.2, 0) is 0 Å². The third-order valence-electron chi connectivity index (χ3n) is 4.08. The molecule has 6 heteroatoms. The summed E-state index contributed by atoms with van der Waals surface area (Å²) in [4.78, 5) is 25.4. The summed E-state index contributed by atoms with van der Waals surface area (Å²) in [5.41, 5.74) is 1.24. The summed E-state index contributed by atoms with van der Waals surface area (Å²) >= 11 is 6.15. The molecule has 27 heavy (non-hydrogen) atoms. The highest BCUT2D eigenvalue weighted by molar-refractivity contribution is 6.32. The van der Waals surface area contributed by atoms with Gasteiger partial charge in [0.25, 0.3) is 0 Å². The maximum Gasteiger partial charge on any atom is 0.379 e. The van der Waals surface area contributed by atoms with E-state index in [1.54, 1.807) is 36.4 Å². The fourth-order valence-electron chi connectivity index (χ4n) is 2.71. The number of furan rings is 1. The Morgan fingerprint density at radius 2 is 1.85 bits per heavy atom. The van der Waals surface area contributed by atoms with Gasteiger partial charge in [0.1, 0.15) is 5.58 Å². The van der Waals surface area contributed by atoms with E-state index in [9.17, 15) is 9.59 Å². The van der Waals surface area contributed by atoms with Crippen LogP contribution in [-0.4, -0.2) is 5.97 Å². The van der Waals surface area contributed by atoms with Crippen LogP contribution in [0.5, 0.6) is 5.75 Å². The van der Waals surface area contributed by atoms with Gasteiger partial charge >= 0.3 is 5.97 Å². The number of rotatable bonds is 3. The Bertz CT molecular complexity index is 1190. The number of halogens is 1. The van der Waals surface area contributed by atoms with Crippen molar-refractivity contribution >= 4 is 28.5 Å². The second-order valence-electron chi connectivity index (χ2n) is 5.92. The Morgan fingerprint density at radius 1 is 1.07 bits per heavy atom. The fraction of sp³-hybridized carbons (Fsp3) is 0.0476. The first kappa shape index (κ1) is 17.1. The number of esters is 1. The molecule has 0 radical (unpaired) electrons. The third-order valence-corrected chi connectivity index (χ3v) is 4.49. The van der Waals surface area contributed by atoms with E-state index >= 15 is 0 Å². The van der Waals surface area contributed by atoms with Crippen LogP contribution in [0.2, 0.25) is 5.02 Å². The molecule has 0 saturated carbocycles. The minimum Gasteiger partial charge on any atom is -0.457 e. The summed E-state index contributed by atoms with van der Waals surface area (Å²) < 4.78 is 16.4. The van der Waals surface area contributed by atoms with Crippen LogP contribution in [0.25, 0.3) is 22.3 Å². The van der Waals surface area contributed by atoms with Crippen molar-refractivity contribution in [2.75, 3.05) is 0 Å². The van der Waals surface area contributed by atoms with E-state index in [4.69, 9.17) is 25.2 Å². The molecule has 0 aliphatic rings. The minimum absolute atomic E-state index is 0.0181. The molecule has 0 fully saturated rings. The smallest absolute Gasteiger partial charge is 0.379 e. The summed E-state index contributed by atoms with van der Waals surface area (Å²) in [6.45, 7) is 1.81. The average molecular weight is 381 g/mol. The molecule has 0 unspecified atom stereocenters. The number of hydrogen-bond donors (Lipinski definition) is 0. The van der Waals surface area contributed by atoms with Crippen molar-refractivity contribution in [3.63, 3.8) is 0 Å². The molecular weight excluding hydrogens is 368 g/mol. The van der Waals surface area contributed by atoms with Crippen molar-refractivity contribution in [2.24, 2.45) is 0 Å². The van der Waals surface area contributed by atoms with E-state index in [1.807, 2.05) is 13.0 Å². The molecule has 0 aliphatic carbocycles. The van der Waals surface area contributed by atoms with Crippen LogP contribution >= 0.6 is 11.6 Å². The SMILES string of the molecule is Cc1cc2oc(-c3ccccc3)c(OC(=O)c3ccco3)c(=O)c2cc1Cl. The van der Waals surface area contributed by atoms with E-state index < -0.39 is 11.4 Å². The lowest BCUT2D eigenvalue weighted by molar-refractivity contribution is 0.0698. The van der Waals surface area contributed by atoms with Gasteiger partial charge in [-0.3, -0.25) is 4.79 Å². The van der Waals surface area contributed by atoms with Gasteiger partial charge in [0.2, 0.25) is 16.9 Å². The Balaban J connectivity index is 1.96. The van der Waals surface area contributed by atoms with Crippen LogP contribution < -0.4 is 10.2 Å². The van der Waals surface area contributed by atoms with Gasteiger partial charge in [-0.2, -0.15) is 0 Å². The molecule has 0 bridgehead atoms. The molecule has 0 aliphatic heterocycles. The molecule has 2 heterocycles. The van der Waals surface area contributed by atoms with Crippen LogP contribution in [0.3, 0.4) is 0 Å². The van der Waals surface area contributed by atoms with E-state index in [-0.39, 0.29) is 22.7 Å². The van der Waals surface area contributed by atoms with E-state index in [0.29, 0.717) is 16.2 Å². The second kappa shape index (κ2) is 6.78. The first-order valence-corrected chi connectivity index (χ1v) is 8.50. The van der Waals surface area contributed by atoms with Gasteiger partial charge in [0.15, 0.2) is 5.76 Å². The molecular formula is C21H13ClO5. The minimum atomic E-state index is -0.790. The molecule has 0 N–H and O–H groups in total. The van der Waals surface area contributed by atoms with Gasteiger partial charge in [-0.25, -0.2) is 4.79 Å². The van der Waals surface area contributed by atoms with Crippen LogP contribution in [0.4, 0.5) is 0 Å². The molecule has 0 spiro atoms. The molecule has 2 aromatic heterocycles. The molecule has 0 atom stereocenters. The summed E-state index contributed by atoms with van der Waals surface area (Å²) in [6, 6.07) is 15.2. The standard InChI is InChI=1S/C21H13ClO5/c1-12-10-17-14(11-15(12)22)18(23)20(27-21(24)16-8-5-9-25-16)19(26-17)13-6-3-2-4-7-13/h2-11H,1H3. The summed E-state index contributed by atoms with van der Waals surface area (Å²) in [6.07, 6.45) is 1.35. The predicted molar refractivity (Wildman–Crippen MR) is 101 cm³/mol. The second-order valence-corrected chi connectivity index (χ2v) is 6.33. The van der Waals surface area contributed by atoms with E-state index in [2.05, 4.69) is 0 Å². The Hall–Kier alpha value is -3.31. The molecule has 0 amide bonds. The summed E-state index contributed by atoms with van der Waals surface area (Å²) in [7, 11) is 0. The van der Waals surface area contributed by atoms with Crippen molar-refractivity contribution in [3.8, 4) is 17.1 Å². The fourth-order valence-corrected chi connectivity index (χ4v) is 2.87. The number of ether oxygens (including phenoxy) is 1. The third kappa shape index (κ3) is 3.13. The number of aryl methyl sites for hydroxylation is 1. The average Bonchev–Trinajstić information content (AvgIpc) is 3.21. The molecule has 5 nitrogen and oxygen atoms in total. The summed E-state index contributed by atoms with van der Waals surface area (Å²) in [5, 5.41) is 0.651. The zero-order valence-electron chi connectivity index (χ0n) is 14.2. The number of benzene rings is 2. The monoisotopic (exact) mass is 380 g/mol. The quantitative estimate of drug-likeness (QED) is 0.455. The lowest BCUT2D eigenvalue weighted by atomic mass is 10.1. The van der Waals surface area contributed by atoms with Gasteiger partial charge in [-0.05, 0) is 36.8 Å².